The Morgan fingerprint density at radius 1 is 1.11 bits per heavy atom. The van der Waals surface area contributed by atoms with Gasteiger partial charge in [0, 0.05) is 12.8 Å². The van der Waals surface area contributed by atoms with E-state index in [9.17, 15) is 27.6 Å². The molecule has 0 saturated carbocycles. The van der Waals surface area contributed by atoms with Gasteiger partial charge < -0.3 is 10.1 Å². The number of aryl methyl sites for hydroxylation is 3. The van der Waals surface area contributed by atoms with Crippen molar-refractivity contribution in [3.63, 3.8) is 0 Å². The third-order valence-electron chi connectivity index (χ3n) is 7.24. The van der Waals surface area contributed by atoms with Gasteiger partial charge in [0.2, 0.25) is 5.91 Å². The molecule has 1 amide bonds. The molecule has 1 heterocycles. The number of benzene rings is 1. The lowest BCUT2D eigenvalue weighted by Gasteiger charge is -2.30. The number of nitrogens with one attached hydrogen (secondary N) is 1. The number of carbonyl (C=O) groups excluding carboxylic acids is 3. The Hall–Kier alpha value is -2.68. The minimum atomic E-state index is -4.46. The maximum atomic E-state index is 13.8. The second kappa shape index (κ2) is 12.0. The van der Waals surface area contributed by atoms with E-state index >= 15 is 0 Å². The molecule has 1 aliphatic rings. The Morgan fingerprint density at radius 2 is 1.82 bits per heavy atom. The average Bonchev–Trinajstić information content (AvgIpc) is 3.22. The molecule has 1 aromatic carbocycles. The van der Waals surface area contributed by atoms with Crippen LogP contribution < -0.4 is 5.32 Å². The van der Waals surface area contributed by atoms with Gasteiger partial charge in [-0.05, 0) is 84.2 Å². The second-order valence-corrected chi connectivity index (χ2v) is 11.8. The smallest absolute Gasteiger partial charge is 0.425 e. The third kappa shape index (κ3) is 7.24. The van der Waals surface area contributed by atoms with Crippen LogP contribution in [0.25, 0.3) is 0 Å². The molecule has 0 aliphatic heterocycles. The molecule has 2 aromatic rings. The van der Waals surface area contributed by atoms with E-state index in [2.05, 4.69) is 10.1 Å². The minimum absolute atomic E-state index is 0.144. The van der Waals surface area contributed by atoms with Crippen LogP contribution in [-0.2, 0) is 52.6 Å². The molecule has 0 spiro atoms. The number of methoxy groups -OCH3 is 1. The van der Waals surface area contributed by atoms with Gasteiger partial charge in [-0.1, -0.05) is 32.9 Å². The molecule has 1 N–H and O–H groups in total. The Kier molecular flexibility index (Phi) is 9.44. The van der Waals surface area contributed by atoms with Crippen molar-refractivity contribution in [3.05, 3.63) is 55.3 Å². The van der Waals surface area contributed by atoms with Crippen LogP contribution in [0.4, 0.5) is 13.2 Å². The number of fused-ring (bicyclic) bond motifs is 1. The highest BCUT2D eigenvalue weighted by Gasteiger charge is 2.42. The van der Waals surface area contributed by atoms with E-state index in [4.69, 9.17) is 0 Å². The maximum Gasteiger partial charge on any atom is 0.425 e. The monoisotopic (exact) mass is 551 g/mol. The van der Waals surface area contributed by atoms with Crippen LogP contribution in [0.2, 0.25) is 0 Å². The summed E-state index contributed by atoms with van der Waals surface area (Å²) in [4.78, 5) is 36.1. The van der Waals surface area contributed by atoms with Gasteiger partial charge in [-0.15, -0.1) is 11.3 Å². The molecule has 3 rings (SSSR count). The Morgan fingerprint density at radius 3 is 2.45 bits per heavy atom. The summed E-state index contributed by atoms with van der Waals surface area (Å²) < 4.78 is 45.9. The number of carbonyl (C=O) groups is 3. The first-order valence-corrected chi connectivity index (χ1v) is 13.8. The minimum Gasteiger partial charge on any atom is -0.468 e. The van der Waals surface area contributed by atoms with Crippen LogP contribution in [-0.4, -0.2) is 31.3 Å². The number of alkyl halides is 3. The SMILES string of the molecule is CCc1cc(CCC(=O)c2sc(C(F)(F)F)c3c2CCC(C)(C)C3)cc(C)c1CCC(=O)NCC(=O)OC. The summed E-state index contributed by atoms with van der Waals surface area (Å²) in [5, 5.41) is 2.54. The van der Waals surface area contributed by atoms with Crippen LogP contribution in [0.1, 0.15) is 88.0 Å². The van der Waals surface area contributed by atoms with E-state index in [-0.39, 0.29) is 41.4 Å². The van der Waals surface area contributed by atoms with Crippen molar-refractivity contribution in [3.8, 4) is 0 Å². The molecule has 0 atom stereocenters. The molecule has 9 heteroatoms. The summed E-state index contributed by atoms with van der Waals surface area (Å²) in [6, 6.07) is 4.01. The van der Waals surface area contributed by atoms with Gasteiger partial charge in [0.05, 0.1) is 12.0 Å². The van der Waals surface area contributed by atoms with Crippen molar-refractivity contribution in [1.29, 1.82) is 0 Å². The van der Waals surface area contributed by atoms with Crippen LogP contribution in [0.15, 0.2) is 12.1 Å². The number of halogens is 3. The van der Waals surface area contributed by atoms with Crippen LogP contribution in [0, 0.1) is 12.3 Å². The molecular formula is C29H36F3NO4S. The highest BCUT2D eigenvalue weighted by molar-refractivity contribution is 7.14. The number of esters is 1. The van der Waals surface area contributed by atoms with Gasteiger partial charge >= 0.3 is 12.1 Å². The molecule has 1 aromatic heterocycles. The van der Waals surface area contributed by atoms with Crippen molar-refractivity contribution < 1.29 is 32.3 Å². The number of ether oxygens (including phenoxy) is 1. The summed E-state index contributed by atoms with van der Waals surface area (Å²) in [6.07, 6.45) is -0.805. The van der Waals surface area contributed by atoms with E-state index < -0.39 is 17.0 Å². The second-order valence-electron chi connectivity index (χ2n) is 10.7. The number of amides is 1. The summed E-state index contributed by atoms with van der Waals surface area (Å²) in [7, 11) is 1.26. The fourth-order valence-corrected chi connectivity index (χ4v) is 6.37. The number of rotatable bonds is 10. The molecule has 208 valence electrons. The topological polar surface area (TPSA) is 72.5 Å². The highest BCUT2D eigenvalue weighted by atomic mass is 32.1. The summed E-state index contributed by atoms with van der Waals surface area (Å²) >= 11 is 0.614. The number of thiophene rings is 1. The molecule has 38 heavy (non-hydrogen) atoms. The van der Waals surface area contributed by atoms with Crippen LogP contribution in [0.5, 0.6) is 0 Å². The lowest BCUT2D eigenvalue weighted by molar-refractivity contribution is -0.141. The number of ketones is 1. The summed E-state index contributed by atoms with van der Waals surface area (Å²) in [5.74, 6) is -0.986. The van der Waals surface area contributed by atoms with Crippen LogP contribution in [0.3, 0.4) is 0 Å². The number of Topliss-reactive ketones (excluding diaryl/α,β-unsaturated/α-hetero) is 1. The Labute approximate surface area is 226 Å². The normalized spacial score (nSPS) is 14.6. The Bertz CT molecular complexity index is 1210. The van der Waals surface area contributed by atoms with E-state index in [1.807, 2.05) is 39.8 Å². The quantitative estimate of drug-likeness (QED) is 0.282. The molecule has 0 unspecified atom stereocenters. The Balaban J connectivity index is 1.72. The van der Waals surface area contributed by atoms with E-state index in [0.717, 1.165) is 35.1 Å². The third-order valence-corrected chi connectivity index (χ3v) is 8.60. The molecular weight excluding hydrogens is 515 g/mol. The maximum absolute atomic E-state index is 13.8. The largest absolute Gasteiger partial charge is 0.468 e. The van der Waals surface area contributed by atoms with Crippen LogP contribution >= 0.6 is 11.3 Å². The first-order valence-electron chi connectivity index (χ1n) is 13.0. The van der Waals surface area contributed by atoms with E-state index in [1.54, 1.807) is 0 Å². The fourth-order valence-electron chi connectivity index (χ4n) is 5.17. The van der Waals surface area contributed by atoms with Gasteiger partial charge in [0.15, 0.2) is 5.78 Å². The highest BCUT2D eigenvalue weighted by Crippen LogP contribution is 2.47. The first-order chi connectivity index (χ1) is 17.8. The molecule has 5 nitrogen and oxygen atoms in total. The molecule has 0 saturated heterocycles. The van der Waals surface area contributed by atoms with E-state index in [1.165, 1.54) is 7.11 Å². The van der Waals surface area contributed by atoms with Gasteiger partial charge in [0.1, 0.15) is 11.4 Å². The number of hydrogen-bond donors (Lipinski definition) is 1. The van der Waals surface area contributed by atoms with Gasteiger partial charge in [-0.25, -0.2) is 0 Å². The van der Waals surface area contributed by atoms with Gasteiger partial charge in [0.25, 0.3) is 0 Å². The van der Waals surface area contributed by atoms with Crippen molar-refractivity contribution in [1.82, 2.24) is 5.32 Å². The summed E-state index contributed by atoms with van der Waals surface area (Å²) in [5.41, 5.74) is 4.77. The molecule has 0 bridgehead atoms. The van der Waals surface area contributed by atoms with Crippen molar-refractivity contribution in [2.24, 2.45) is 5.41 Å². The average molecular weight is 552 g/mol. The fraction of sp³-hybridized carbons (Fsp3) is 0.552. The van der Waals surface area contributed by atoms with Crippen molar-refractivity contribution >= 4 is 29.0 Å². The van der Waals surface area contributed by atoms with Gasteiger partial charge in [-0.3, -0.25) is 14.4 Å². The zero-order chi connectivity index (χ0) is 28.3. The molecule has 0 radical (unpaired) electrons. The molecule has 1 aliphatic carbocycles. The zero-order valence-corrected chi connectivity index (χ0v) is 23.5. The lowest BCUT2D eigenvalue weighted by atomic mass is 9.74. The van der Waals surface area contributed by atoms with E-state index in [0.29, 0.717) is 48.1 Å². The van der Waals surface area contributed by atoms with Crippen molar-refractivity contribution in [2.75, 3.05) is 13.7 Å². The summed E-state index contributed by atoms with van der Waals surface area (Å²) in [6.45, 7) is 7.75. The van der Waals surface area contributed by atoms with Crippen molar-refractivity contribution in [2.45, 2.75) is 85.2 Å². The zero-order valence-electron chi connectivity index (χ0n) is 22.7. The predicted octanol–water partition coefficient (Wildman–Crippen LogP) is 6.19. The lowest BCUT2D eigenvalue weighted by Crippen LogP contribution is -2.30. The number of hydrogen-bond acceptors (Lipinski definition) is 5. The standard InChI is InChI=1S/C29H36F3NO4S/c1-6-19-14-18(13-17(2)20(19)8-10-24(35)33-16-25(36)37-5)7-9-23(34)26-21-11-12-28(3,4)15-22(21)27(38-26)29(30,31)32/h13-14H,6-12,15-16H2,1-5H3,(H,33,35). The predicted molar refractivity (Wildman–Crippen MR) is 142 cm³/mol. The molecule has 0 fully saturated rings. The van der Waals surface area contributed by atoms with Gasteiger partial charge in [-0.2, -0.15) is 13.2 Å². The first kappa shape index (κ1) is 29.9.